The molecule has 1 aliphatic rings. The second-order valence-electron chi connectivity index (χ2n) is 4.77. The SMILES string of the molecule is CC(C)N1[C]N(c2cccc3ccccc23)C=C1. The Morgan fingerprint density at radius 3 is 2.50 bits per heavy atom. The maximum atomic E-state index is 3.35. The minimum absolute atomic E-state index is 0.432. The fourth-order valence-corrected chi connectivity index (χ4v) is 2.17. The summed E-state index contributed by atoms with van der Waals surface area (Å²) in [5, 5.41) is 2.51. The fraction of sp³-hybridized carbons (Fsp3) is 0.188. The van der Waals surface area contributed by atoms with E-state index < -0.39 is 0 Å². The van der Waals surface area contributed by atoms with Gasteiger partial charge in [0, 0.05) is 23.8 Å². The lowest BCUT2D eigenvalue weighted by molar-refractivity contribution is 0.387. The Labute approximate surface area is 108 Å². The molecule has 0 atom stereocenters. The summed E-state index contributed by atoms with van der Waals surface area (Å²) in [7, 11) is 0. The molecule has 2 nitrogen and oxygen atoms in total. The molecule has 0 saturated heterocycles. The van der Waals surface area contributed by atoms with Gasteiger partial charge in [-0.3, -0.25) is 0 Å². The lowest BCUT2D eigenvalue weighted by Crippen LogP contribution is -2.24. The minimum Gasteiger partial charge on any atom is -0.343 e. The summed E-state index contributed by atoms with van der Waals surface area (Å²) in [5.74, 6) is 0. The van der Waals surface area contributed by atoms with Crippen LogP contribution in [0.3, 0.4) is 0 Å². The summed E-state index contributed by atoms with van der Waals surface area (Å²) in [6.07, 6.45) is 4.12. The van der Waals surface area contributed by atoms with Gasteiger partial charge in [-0.05, 0) is 25.3 Å². The van der Waals surface area contributed by atoms with Gasteiger partial charge in [0.2, 0.25) is 6.67 Å². The molecular weight excluding hydrogens is 220 g/mol. The largest absolute Gasteiger partial charge is 0.343 e. The first kappa shape index (κ1) is 11.1. The van der Waals surface area contributed by atoms with E-state index >= 15 is 0 Å². The van der Waals surface area contributed by atoms with E-state index in [1.807, 2.05) is 0 Å². The molecule has 3 rings (SSSR count). The second kappa shape index (κ2) is 4.37. The lowest BCUT2D eigenvalue weighted by Gasteiger charge is -2.22. The van der Waals surface area contributed by atoms with Gasteiger partial charge in [0.05, 0.1) is 5.69 Å². The molecule has 1 aliphatic heterocycles. The number of fused-ring (bicyclic) bond motifs is 1. The topological polar surface area (TPSA) is 6.48 Å². The maximum absolute atomic E-state index is 3.35. The van der Waals surface area contributed by atoms with E-state index in [0.29, 0.717) is 6.04 Å². The minimum atomic E-state index is 0.432. The van der Waals surface area contributed by atoms with Gasteiger partial charge in [0.15, 0.2) is 0 Å². The van der Waals surface area contributed by atoms with Gasteiger partial charge in [0.25, 0.3) is 0 Å². The molecule has 18 heavy (non-hydrogen) atoms. The van der Waals surface area contributed by atoms with E-state index in [1.54, 1.807) is 0 Å². The zero-order valence-corrected chi connectivity index (χ0v) is 10.7. The van der Waals surface area contributed by atoms with Gasteiger partial charge in [-0.1, -0.05) is 36.4 Å². The number of benzene rings is 2. The summed E-state index contributed by atoms with van der Waals surface area (Å²) in [6.45, 7) is 7.67. The lowest BCUT2D eigenvalue weighted by atomic mass is 10.1. The normalized spacial score (nSPS) is 15.1. The van der Waals surface area contributed by atoms with Crippen LogP contribution in [0.1, 0.15) is 13.8 Å². The monoisotopic (exact) mass is 236 g/mol. The molecule has 0 aromatic heterocycles. The Morgan fingerprint density at radius 2 is 1.72 bits per heavy atom. The van der Waals surface area contributed by atoms with E-state index in [4.69, 9.17) is 0 Å². The van der Waals surface area contributed by atoms with Crippen molar-refractivity contribution in [3.8, 4) is 0 Å². The summed E-state index contributed by atoms with van der Waals surface area (Å²) in [5.41, 5.74) is 1.17. The van der Waals surface area contributed by atoms with E-state index in [1.165, 1.54) is 16.5 Å². The van der Waals surface area contributed by atoms with Crippen LogP contribution >= 0.6 is 0 Å². The highest BCUT2D eigenvalue weighted by atomic mass is 15.3. The number of hydrogen-bond donors (Lipinski definition) is 0. The Morgan fingerprint density at radius 1 is 0.944 bits per heavy atom. The molecule has 0 unspecified atom stereocenters. The van der Waals surface area contributed by atoms with Crippen LogP contribution in [0.5, 0.6) is 0 Å². The molecule has 0 bridgehead atoms. The molecule has 2 aromatic rings. The van der Waals surface area contributed by atoms with E-state index in [0.717, 1.165) is 0 Å². The quantitative estimate of drug-likeness (QED) is 0.781. The van der Waals surface area contributed by atoms with Crippen LogP contribution < -0.4 is 4.90 Å². The Hall–Kier alpha value is -1.96. The zero-order chi connectivity index (χ0) is 12.5. The van der Waals surface area contributed by atoms with Crippen molar-refractivity contribution in [1.82, 2.24) is 4.90 Å². The van der Waals surface area contributed by atoms with Crippen molar-refractivity contribution >= 4 is 16.5 Å². The fourth-order valence-electron chi connectivity index (χ4n) is 2.17. The molecule has 0 fully saturated rings. The van der Waals surface area contributed by atoms with Gasteiger partial charge >= 0.3 is 0 Å². The van der Waals surface area contributed by atoms with Crippen molar-refractivity contribution < 1.29 is 0 Å². The number of rotatable bonds is 2. The summed E-state index contributed by atoms with van der Waals surface area (Å²) in [6, 6.07) is 15.2. The Bertz CT molecular complexity index is 581. The highest BCUT2D eigenvalue weighted by Gasteiger charge is 2.19. The molecule has 2 heteroatoms. The van der Waals surface area contributed by atoms with E-state index in [9.17, 15) is 0 Å². The zero-order valence-electron chi connectivity index (χ0n) is 10.7. The molecule has 1 heterocycles. The highest BCUT2D eigenvalue weighted by molar-refractivity contribution is 5.95. The average Bonchev–Trinajstić information content (AvgIpc) is 2.87. The van der Waals surface area contributed by atoms with Gasteiger partial charge in [0.1, 0.15) is 0 Å². The van der Waals surface area contributed by atoms with E-state index in [-0.39, 0.29) is 0 Å². The molecule has 2 aromatic carbocycles. The summed E-state index contributed by atoms with van der Waals surface area (Å²) >= 11 is 0. The molecule has 0 saturated carbocycles. The average molecular weight is 236 g/mol. The molecule has 90 valence electrons. The number of anilines is 1. The van der Waals surface area contributed by atoms with Gasteiger partial charge in [-0.15, -0.1) is 0 Å². The number of hydrogen-bond acceptors (Lipinski definition) is 2. The molecule has 0 aliphatic carbocycles. The van der Waals surface area contributed by atoms with Crippen LogP contribution in [0.25, 0.3) is 10.8 Å². The first-order valence-electron chi connectivity index (χ1n) is 6.25. The van der Waals surface area contributed by atoms with Crippen LogP contribution in [-0.4, -0.2) is 10.9 Å². The van der Waals surface area contributed by atoms with Crippen LogP contribution in [0, 0.1) is 6.67 Å². The maximum Gasteiger partial charge on any atom is 0.213 e. The van der Waals surface area contributed by atoms with Gasteiger partial charge in [-0.25, -0.2) is 0 Å². The molecule has 2 radical (unpaired) electrons. The third-order valence-corrected chi connectivity index (χ3v) is 3.18. The molecule has 0 N–H and O–H groups in total. The predicted molar refractivity (Wildman–Crippen MR) is 75.8 cm³/mol. The smallest absolute Gasteiger partial charge is 0.213 e. The third kappa shape index (κ3) is 1.84. The van der Waals surface area contributed by atoms with Crippen LogP contribution in [0.4, 0.5) is 5.69 Å². The molecular formula is C16H16N2. The first-order valence-corrected chi connectivity index (χ1v) is 6.25. The Kier molecular flexibility index (Phi) is 2.71. The van der Waals surface area contributed by atoms with Crippen molar-refractivity contribution in [2.24, 2.45) is 0 Å². The predicted octanol–water partition coefficient (Wildman–Crippen LogP) is 3.84. The van der Waals surface area contributed by atoms with E-state index in [2.05, 4.69) is 85.2 Å². The third-order valence-electron chi connectivity index (χ3n) is 3.18. The number of nitrogens with zero attached hydrogens (tertiary/aromatic N) is 2. The van der Waals surface area contributed by atoms with Crippen molar-refractivity contribution in [2.75, 3.05) is 4.90 Å². The van der Waals surface area contributed by atoms with Crippen molar-refractivity contribution in [1.29, 1.82) is 0 Å². The second-order valence-corrected chi connectivity index (χ2v) is 4.77. The molecule has 0 spiro atoms. The van der Waals surface area contributed by atoms with Gasteiger partial charge < -0.3 is 9.80 Å². The standard InChI is InChI=1S/C16H16N2/c1-13(2)17-10-11-18(12-17)16-9-5-7-14-6-3-4-8-15(14)16/h3-11,13H,1-2H3. The summed E-state index contributed by atoms with van der Waals surface area (Å²) < 4.78 is 0. The van der Waals surface area contributed by atoms with Crippen molar-refractivity contribution in [3.63, 3.8) is 0 Å². The van der Waals surface area contributed by atoms with Crippen molar-refractivity contribution in [3.05, 3.63) is 61.5 Å². The highest BCUT2D eigenvalue weighted by Crippen LogP contribution is 2.30. The first-order chi connectivity index (χ1) is 8.75. The van der Waals surface area contributed by atoms with Gasteiger partial charge in [-0.2, -0.15) is 0 Å². The molecule has 0 amide bonds. The Balaban J connectivity index is 1.99. The van der Waals surface area contributed by atoms with Crippen LogP contribution in [0.15, 0.2) is 54.9 Å². The summed E-state index contributed by atoms with van der Waals surface area (Å²) in [4.78, 5) is 4.14. The van der Waals surface area contributed by atoms with Crippen LogP contribution in [0.2, 0.25) is 0 Å². The van der Waals surface area contributed by atoms with Crippen LogP contribution in [-0.2, 0) is 0 Å². The van der Waals surface area contributed by atoms with Crippen molar-refractivity contribution in [2.45, 2.75) is 19.9 Å².